The van der Waals surface area contributed by atoms with E-state index in [1.807, 2.05) is 30.3 Å². The lowest BCUT2D eigenvalue weighted by Gasteiger charge is -2.34. The maximum atomic E-state index is 13.1. The van der Waals surface area contributed by atoms with Crippen LogP contribution in [0, 0.1) is 11.3 Å². The predicted octanol–water partition coefficient (Wildman–Crippen LogP) is 4.42. The molecule has 9 nitrogen and oxygen atoms in total. The summed E-state index contributed by atoms with van der Waals surface area (Å²) < 4.78 is 10.8. The minimum absolute atomic E-state index is 0.132. The van der Waals surface area contributed by atoms with E-state index >= 15 is 0 Å². The Morgan fingerprint density at radius 1 is 1.18 bits per heavy atom. The number of rotatable bonds is 11. The molecule has 2 N–H and O–H groups in total. The van der Waals surface area contributed by atoms with E-state index in [2.05, 4.69) is 45.2 Å². The number of hydrogen-bond acceptors (Lipinski definition) is 8. The van der Waals surface area contributed by atoms with Crippen molar-refractivity contribution >= 4 is 22.4 Å². The number of nitrogens with zero attached hydrogens (tertiary/aromatic N) is 4. The number of anilines is 1. The van der Waals surface area contributed by atoms with E-state index in [1.54, 1.807) is 26.5 Å². The van der Waals surface area contributed by atoms with Crippen LogP contribution in [0.25, 0.3) is 22.2 Å². The van der Waals surface area contributed by atoms with Crippen LogP contribution in [0.15, 0.2) is 54.7 Å². The third kappa shape index (κ3) is 6.91. The molecule has 1 aliphatic rings. The van der Waals surface area contributed by atoms with Crippen LogP contribution in [-0.4, -0.2) is 73.8 Å². The van der Waals surface area contributed by atoms with Gasteiger partial charge in [-0.1, -0.05) is 24.8 Å². The Balaban J connectivity index is 1.49. The molecule has 0 saturated heterocycles. The molecule has 9 heteroatoms. The van der Waals surface area contributed by atoms with Gasteiger partial charge in [0.1, 0.15) is 11.4 Å². The van der Waals surface area contributed by atoms with Gasteiger partial charge in [0, 0.05) is 55.0 Å². The molecule has 0 spiro atoms. The molecule has 3 aromatic rings. The number of carbonyl (C=O) groups excluding carboxylic acids is 1. The Bertz CT molecular complexity index is 1360. The third-order valence-electron chi connectivity index (χ3n) is 7.29. The van der Waals surface area contributed by atoms with Gasteiger partial charge in [-0.3, -0.25) is 4.79 Å². The van der Waals surface area contributed by atoms with E-state index in [9.17, 15) is 4.79 Å². The maximum Gasteiger partial charge on any atom is 0.270 e. The van der Waals surface area contributed by atoms with Gasteiger partial charge in [-0.25, -0.2) is 9.97 Å². The summed E-state index contributed by atoms with van der Waals surface area (Å²) in [5.41, 5.74) is 2.28. The van der Waals surface area contributed by atoms with Gasteiger partial charge in [-0.15, -0.1) is 0 Å². The zero-order valence-corrected chi connectivity index (χ0v) is 22.9. The highest BCUT2D eigenvalue weighted by atomic mass is 16.5. The highest BCUT2D eigenvalue weighted by Crippen LogP contribution is 2.35. The SMILES string of the molecule is C=C(C#N)CNc1c(OC)ccc2ccc(-c3nccc(C(=O)N[C@H]4CC[C@@H](N(C)CCOC)CC4)n3)cc12. The number of methoxy groups -OCH3 is 2. The summed E-state index contributed by atoms with van der Waals surface area (Å²) in [6, 6.07) is 14.1. The number of carbonyl (C=O) groups is 1. The van der Waals surface area contributed by atoms with Crippen LogP contribution in [-0.2, 0) is 4.74 Å². The van der Waals surface area contributed by atoms with Crippen LogP contribution in [0.4, 0.5) is 5.69 Å². The van der Waals surface area contributed by atoms with E-state index in [1.165, 1.54) is 0 Å². The summed E-state index contributed by atoms with van der Waals surface area (Å²) in [5, 5.41) is 17.4. The molecule has 0 unspecified atom stereocenters. The van der Waals surface area contributed by atoms with E-state index in [4.69, 9.17) is 14.7 Å². The average Bonchev–Trinajstić information content (AvgIpc) is 2.98. The van der Waals surface area contributed by atoms with Crippen molar-refractivity contribution in [2.24, 2.45) is 0 Å². The number of nitrogens with one attached hydrogen (secondary N) is 2. The van der Waals surface area contributed by atoms with Gasteiger partial charge in [-0.05, 0) is 56.3 Å². The normalized spacial score (nSPS) is 17.0. The molecule has 1 aromatic heterocycles. The zero-order valence-electron chi connectivity index (χ0n) is 22.9. The first-order valence-electron chi connectivity index (χ1n) is 13.2. The summed E-state index contributed by atoms with van der Waals surface area (Å²) in [5.74, 6) is 0.928. The lowest BCUT2D eigenvalue weighted by atomic mass is 9.90. The van der Waals surface area contributed by atoms with Crippen LogP contribution in [0.1, 0.15) is 36.2 Å². The van der Waals surface area contributed by atoms with Crippen LogP contribution in [0.3, 0.4) is 0 Å². The molecular weight excluding hydrogens is 492 g/mol. The third-order valence-corrected chi connectivity index (χ3v) is 7.29. The van der Waals surface area contributed by atoms with Gasteiger partial charge < -0.3 is 25.0 Å². The van der Waals surface area contributed by atoms with Crippen molar-refractivity contribution in [3.8, 4) is 23.2 Å². The lowest BCUT2D eigenvalue weighted by molar-refractivity contribution is 0.0891. The Kier molecular flexibility index (Phi) is 9.47. The number of hydrogen-bond donors (Lipinski definition) is 2. The molecule has 1 amide bonds. The standard InChI is InChI=1S/C30H36N6O3/c1-20(18-31)19-33-28-25-17-22(6-5-21(25)7-12-27(28)39-4)29-32-14-13-26(35-29)30(37)34-23-8-10-24(11-9-23)36(2)15-16-38-3/h5-7,12-14,17,23-24,33H,1,8-11,15-16,19H2,2-4H3,(H,34,37)/t23-,24+. The van der Waals surface area contributed by atoms with Crippen molar-refractivity contribution in [1.29, 1.82) is 5.26 Å². The molecule has 2 aromatic carbocycles. The molecule has 4 rings (SSSR count). The number of amides is 1. The van der Waals surface area contributed by atoms with Gasteiger partial charge in [0.2, 0.25) is 0 Å². The van der Waals surface area contributed by atoms with E-state index in [0.717, 1.165) is 60.9 Å². The smallest absolute Gasteiger partial charge is 0.270 e. The monoisotopic (exact) mass is 528 g/mol. The molecule has 204 valence electrons. The van der Waals surface area contributed by atoms with Crippen molar-refractivity contribution < 1.29 is 14.3 Å². The summed E-state index contributed by atoms with van der Waals surface area (Å²) >= 11 is 0. The zero-order chi connectivity index (χ0) is 27.8. The number of nitriles is 1. The van der Waals surface area contributed by atoms with Crippen LogP contribution in [0.2, 0.25) is 0 Å². The van der Waals surface area contributed by atoms with E-state index in [-0.39, 0.29) is 11.9 Å². The van der Waals surface area contributed by atoms with Crippen LogP contribution < -0.4 is 15.4 Å². The molecule has 39 heavy (non-hydrogen) atoms. The second-order valence-electron chi connectivity index (χ2n) is 9.87. The molecule has 1 aliphatic carbocycles. The minimum Gasteiger partial charge on any atom is -0.495 e. The summed E-state index contributed by atoms with van der Waals surface area (Å²) in [4.78, 5) is 24.5. The van der Waals surface area contributed by atoms with Gasteiger partial charge >= 0.3 is 0 Å². The van der Waals surface area contributed by atoms with Gasteiger partial charge in [-0.2, -0.15) is 5.26 Å². The number of fused-ring (bicyclic) bond motifs is 1. The Hall–Kier alpha value is -4.00. The molecule has 0 atom stereocenters. The quantitative estimate of drug-likeness (QED) is 0.352. The first kappa shape index (κ1) is 28.0. The lowest BCUT2D eigenvalue weighted by Crippen LogP contribution is -2.43. The van der Waals surface area contributed by atoms with Crippen LogP contribution >= 0.6 is 0 Å². The van der Waals surface area contributed by atoms with Crippen molar-refractivity contribution in [3.63, 3.8) is 0 Å². The fourth-order valence-corrected chi connectivity index (χ4v) is 4.99. The Morgan fingerprint density at radius 3 is 2.67 bits per heavy atom. The molecule has 1 fully saturated rings. The van der Waals surface area contributed by atoms with E-state index in [0.29, 0.717) is 35.4 Å². The average molecular weight is 529 g/mol. The molecule has 0 radical (unpaired) electrons. The molecule has 0 aliphatic heterocycles. The van der Waals surface area contributed by atoms with Crippen molar-refractivity contribution in [3.05, 3.63) is 60.4 Å². The highest BCUT2D eigenvalue weighted by molar-refractivity contribution is 5.99. The predicted molar refractivity (Wildman–Crippen MR) is 153 cm³/mol. The number of benzene rings is 2. The first-order chi connectivity index (χ1) is 18.9. The molecule has 1 heterocycles. The largest absolute Gasteiger partial charge is 0.495 e. The van der Waals surface area contributed by atoms with E-state index < -0.39 is 0 Å². The van der Waals surface area contributed by atoms with Crippen molar-refractivity contribution in [1.82, 2.24) is 20.2 Å². The van der Waals surface area contributed by atoms with Crippen molar-refractivity contribution in [2.45, 2.75) is 37.8 Å². The number of aromatic nitrogens is 2. The van der Waals surface area contributed by atoms with Crippen LogP contribution in [0.5, 0.6) is 5.75 Å². The summed E-state index contributed by atoms with van der Waals surface area (Å²) in [7, 11) is 5.46. The summed E-state index contributed by atoms with van der Waals surface area (Å²) in [6.07, 6.45) is 5.57. The topological polar surface area (TPSA) is 112 Å². The second kappa shape index (κ2) is 13.2. The molecular formula is C30H36N6O3. The second-order valence-corrected chi connectivity index (χ2v) is 9.87. The first-order valence-corrected chi connectivity index (χ1v) is 13.2. The number of likely N-dealkylation sites (N-methyl/N-ethyl adjacent to an activating group) is 1. The number of ether oxygens (including phenoxy) is 2. The fourth-order valence-electron chi connectivity index (χ4n) is 4.99. The summed E-state index contributed by atoms with van der Waals surface area (Å²) in [6.45, 7) is 5.69. The maximum absolute atomic E-state index is 13.1. The molecule has 0 bridgehead atoms. The minimum atomic E-state index is -0.185. The highest BCUT2D eigenvalue weighted by Gasteiger charge is 2.25. The fraction of sp³-hybridized carbons (Fsp3) is 0.400. The van der Waals surface area contributed by atoms with Gasteiger partial charge in [0.05, 0.1) is 25.5 Å². The van der Waals surface area contributed by atoms with Crippen molar-refractivity contribution in [2.75, 3.05) is 46.3 Å². The molecule has 1 saturated carbocycles. The van der Waals surface area contributed by atoms with Gasteiger partial charge in [0.25, 0.3) is 5.91 Å². The Morgan fingerprint density at radius 2 is 1.95 bits per heavy atom. The van der Waals surface area contributed by atoms with Gasteiger partial charge in [0.15, 0.2) is 5.82 Å². The Labute approximate surface area is 229 Å².